The predicted octanol–water partition coefficient (Wildman–Crippen LogP) is 1.52. The van der Waals surface area contributed by atoms with Crippen LogP contribution in [0.2, 0.25) is 0 Å². The number of carbonyl (C=O) groups is 1. The van der Waals surface area contributed by atoms with Crippen LogP contribution in [0.1, 0.15) is 39.5 Å². The Kier molecular flexibility index (Phi) is 1.45. The van der Waals surface area contributed by atoms with Gasteiger partial charge < -0.3 is 5.11 Å². The van der Waals surface area contributed by atoms with Crippen LogP contribution in [0.5, 0.6) is 0 Å². The Labute approximate surface area is 73.0 Å². The third kappa shape index (κ3) is 0.817. The molecule has 12 heavy (non-hydrogen) atoms. The van der Waals surface area contributed by atoms with Gasteiger partial charge in [-0.3, -0.25) is 4.79 Å². The molecule has 0 aromatic rings. The van der Waals surface area contributed by atoms with E-state index in [9.17, 15) is 9.90 Å². The number of rotatable bonds is 0. The molecular weight excluding hydrogens is 152 g/mol. The van der Waals surface area contributed by atoms with Crippen LogP contribution in [-0.4, -0.2) is 16.5 Å². The molecule has 2 bridgehead atoms. The van der Waals surface area contributed by atoms with Crippen molar-refractivity contribution in [3.8, 4) is 0 Å². The molecule has 3 aliphatic carbocycles. The lowest BCUT2D eigenvalue weighted by Gasteiger charge is -2.50. The molecule has 0 amide bonds. The lowest BCUT2D eigenvalue weighted by molar-refractivity contribution is -0.168. The molecule has 3 aliphatic rings. The van der Waals surface area contributed by atoms with Crippen LogP contribution < -0.4 is 0 Å². The summed E-state index contributed by atoms with van der Waals surface area (Å²) in [7, 11) is 0. The molecule has 0 spiro atoms. The van der Waals surface area contributed by atoms with Crippen LogP contribution in [0.25, 0.3) is 0 Å². The summed E-state index contributed by atoms with van der Waals surface area (Å²) in [5, 5.41) is 9.97. The average Bonchev–Trinajstić information content (AvgIpc) is 2.01. The molecule has 68 valence electrons. The summed E-state index contributed by atoms with van der Waals surface area (Å²) < 4.78 is 0. The first-order valence-corrected chi connectivity index (χ1v) is 4.74. The van der Waals surface area contributed by atoms with Gasteiger partial charge in [0.1, 0.15) is 5.60 Å². The van der Waals surface area contributed by atoms with E-state index < -0.39 is 5.60 Å². The van der Waals surface area contributed by atoms with E-state index in [1.54, 1.807) is 0 Å². The Balaban J connectivity index is 2.39. The van der Waals surface area contributed by atoms with Crippen molar-refractivity contribution in [2.45, 2.75) is 45.1 Å². The lowest BCUT2D eigenvalue weighted by Crippen LogP contribution is -2.58. The molecular formula is C10H16O2. The number of ketones is 1. The van der Waals surface area contributed by atoms with Crippen LogP contribution in [-0.2, 0) is 4.79 Å². The van der Waals surface area contributed by atoms with E-state index in [0.717, 1.165) is 12.8 Å². The first kappa shape index (κ1) is 8.24. The van der Waals surface area contributed by atoms with Crippen LogP contribution in [0, 0.1) is 11.3 Å². The van der Waals surface area contributed by atoms with Crippen molar-refractivity contribution < 1.29 is 9.90 Å². The summed E-state index contributed by atoms with van der Waals surface area (Å²) in [5.41, 5.74) is -1.23. The average molecular weight is 168 g/mol. The standard InChI is InChI=1S/C10H16O2/c1-9(2)7-3-5-10(12,6-4-7)8(9)11/h7,12H,3-6H2,1-2H3. The van der Waals surface area contributed by atoms with E-state index in [1.807, 2.05) is 13.8 Å². The van der Waals surface area contributed by atoms with Gasteiger partial charge in [-0.05, 0) is 31.6 Å². The first-order valence-electron chi connectivity index (χ1n) is 4.74. The number of hydrogen-bond donors (Lipinski definition) is 1. The summed E-state index contributed by atoms with van der Waals surface area (Å²) in [4.78, 5) is 11.8. The van der Waals surface area contributed by atoms with Gasteiger partial charge in [-0.2, -0.15) is 0 Å². The zero-order valence-corrected chi connectivity index (χ0v) is 7.76. The number of carbonyl (C=O) groups excluding carboxylic acids is 1. The van der Waals surface area contributed by atoms with Gasteiger partial charge in [-0.15, -0.1) is 0 Å². The van der Waals surface area contributed by atoms with Gasteiger partial charge in [-0.1, -0.05) is 13.8 Å². The second-order valence-electron chi connectivity index (χ2n) is 4.86. The molecule has 3 rings (SSSR count). The Morgan fingerprint density at radius 1 is 1.33 bits per heavy atom. The molecule has 0 radical (unpaired) electrons. The molecule has 0 aliphatic heterocycles. The van der Waals surface area contributed by atoms with E-state index in [4.69, 9.17) is 0 Å². The smallest absolute Gasteiger partial charge is 0.170 e. The first-order chi connectivity index (χ1) is 5.47. The Morgan fingerprint density at radius 3 is 2.17 bits per heavy atom. The SMILES string of the molecule is CC1(C)C(=O)C2(O)CCC1CC2. The molecule has 2 heteroatoms. The topological polar surface area (TPSA) is 37.3 Å². The fourth-order valence-corrected chi connectivity index (χ4v) is 2.83. The van der Waals surface area contributed by atoms with Crippen LogP contribution in [0.15, 0.2) is 0 Å². The molecule has 0 heterocycles. The quantitative estimate of drug-likeness (QED) is 0.595. The van der Waals surface area contributed by atoms with E-state index >= 15 is 0 Å². The van der Waals surface area contributed by atoms with Crippen LogP contribution in [0.4, 0.5) is 0 Å². The zero-order chi connectivity index (χ0) is 8.98. The van der Waals surface area contributed by atoms with Crippen molar-refractivity contribution in [3.63, 3.8) is 0 Å². The van der Waals surface area contributed by atoms with Crippen molar-refractivity contribution in [3.05, 3.63) is 0 Å². The van der Waals surface area contributed by atoms with Gasteiger partial charge in [0.2, 0.25) is 0 Å². The molecule has 0 unspecified atom stereocenters. The maximum Gasteiger partial charge on any atom is 0.170 e. The molecule has 2 nitrogen and oxygen atoms in total. The maximum atomic E-state index is 11.8. The monoisotopic (exact) mass is 168 g/mol. The molecule has 0 aromatic heterocycles. The van der Waals surface area contributed by atoms with Crippen LogP contribution >= 0.6 is 0 Å². The van der Waals surface area contributed by atoms with Crippen LogP contribution in [0.3, 0.4) is 0 Å². The fraction of sp³-hybridized carbons (Fsp3) is 0.900. The summed E-state index contributed by atoms with van der Waals surface area (Å²) in [6.07, 6.45) is 3.43. The summed E-state index contributed by atoms with van der Waals surface area (Å²) >= 11 is 0. The predicted molar refractivity (Wildman–Crippen MR) is 45.7 cm³/mol. The Morgan fingerprint density at radius 2 is 1.83 bits per heavy atom. The normalized spacial score (nSPS) is 44.9. The molecule has 0 atom stereocenters. The molecule has 1 N–H and O–H groups in total. The van der Waals surface area contributed by atoms with Gasteiger partial charge in [0, 0.05) is 5.41 Å². The van der Waals surface area contributed by atoms with Crippen molar-refractivity contribution in [2.75, 3.05) is 0 Å². The number of fused-ring (bicyclic) bond motifs is 3. The highest BCUT2D eigenvalue weighted by molar-refractivity contribution is 5.93. The van der Waals surface area contributed by atoms with Gasteiger partial charge in [-0.25, -0.2) is 0 Å². The van der Waals surface area contributed by atoms with Gasteiger partial charge in [0.25, 0.3) is 0 Å². The minimum Gasteiger partial charge on any atom is -0.382 e. The van der Waals surface area contributed by atoms with Gasteiger partial charge in [0.15, 0.2) is 5.78 Å². The van der Waals surface area contributed by atoms with E-state index in [1.165, 1.54) is 0 Å². The number of Topliss-reactive ketones (excluding diaryl/α,β-unsaturated/α-hetero) is 1. The molecule has 0 saturated heterocycles. The van der Waals surface area contributed by atoms with Crippen molar-refractivity contribution in [1.29, 1.82) is 0 Å². The van der Waals surface area contributed by atoms with Gasteiger partial charge in [0.05, 0.1) is 0 Å². The highest BCUT2D eigenvalue weighted by Crippen LogP contribution is 2.51. The largest absolute Gasteiger partial charge is 0.382 e. The second-order valence-corrected chi connectivity index (χ2v) is 4.86. The summed E-state index contributed by atoms with van der Waals surface area (Å²) in [5.74, 6) is 0.594. The van der Waals surface area contributed by atoms with Crippen molar-refractivity contribution in [2.24, 2.45) is 11.3 Å². The molecule has 3 saturated carbocycles. The lowest BCUT2D eigenvalue weighted by atomic mass is 9.55. The third-order valence-electron chi connectivity index (χ3n) is 3.84. The summed E-state index contributed by atoms with van der Waals surface area (Å²) in [6, 6.07) is 0. The zero-order valence-electron chi connectivity index (χ0n) is 7.76. The number of aliphatic hydroxyl groups is 1. The molecule has 3 fully saturated rings. The van der Waals surface area contributed by atoms with Crippen molar-refractivity contribution >= 4 is 5.78 Å². The fourth-order valence-electron chi connectivity index (χ4n) is 2.83. The highest BCUT2D eigenvalue weighted by Gasteiger charge is 2.55. The minimum absolute atomic E-state index is 0.0810. The van der Waals surface area contributed by atoms with Crippen molar-refractivity contribution in [1.82, 2.24) is 0 Å². The molecule has 0 aromatic carbocycles. The number of hydrogen-bond acceptors (Lipinski definition) is 2. The van der Waals surface area contributed by atoms with Gasteiger partial charge >= 0.3 is 0 Å². The Bertz CT molecular complexity index is 215. The second kappa shape index (κ2) is 2.11. The maximum absolute atomic E-state index is 11.8. The summed E-state index contributed by atoms with van der Waals surface area (Å²) in [6.45, 7) is 3.95. The Hall–Kier alpha value is -0.370. The van der Waals surface area contributed by atoms with E-state index in [-0.39, 0.29) is 11.2 Å². The van der Waals surface area contributed by atoms with E-state index in [0.29, 0.717) is 18.8 Å². The third-order valence-corrected chi connectivity index (χ3v) is 3.84. The minimum atomic E-state index is -0.960. The highest BCUT2D eigenvalue weighted by atomic mass is 16.3. The van der Waals surface area contributed by atoms with E-state index in [2.05, 4.69) is 0 Å².